The lowest BCUT2D eigenvalue weighted by molar-refractivity contribution is 0.213. The average Bonchev–Trinajstić information content (AvgIpc) is 2.56. The lowest BCUT2D eigenvalue weighted by Gasteiger charge is -2.23. The molecule has 0 bridgehead atoms. The van der Waals surface area contributed by atoms with Gasteiger partial charge in [0.25, 0.3) is 10.0 Å². The molecular formula is C10H20N4O3S. The largest absolute Gasteiger partial charge is 0.396 e. The van der Waals surface area contributed by atoms with Crippen LogP contribution in [-0.2, 0) is 17.1 Å². The first-order chi connectivity index (χ1) is 8.19. The van der Waals surface area contributed by atoms with Crippen molar-refractivity contribution in [2.45, 2.75) is 25.3 Å². The first-order valence-electron chi connectivity index (χ1n) is 5.57. The van der Waals surface area contributed by atoms with Crippen LogP contribution in [0.1, 0.15) is 20.3 Å². The van der Waals surface area contributed by atoms with Crippen molar-refractivity contribution in [1.29, 1.82) is 0 Å². The number of aliphatic hydroxyl groups is 1. The van der Waals surface area contributed by atoms with Crippen molar-refractivity contribution >= 4 is 15.8 Å². The SMILES string of the molecule is Cn1cnc(N)c1S(=O)(=O)NCC(C)(C)CCO. The van der Waals surface area contributed by atoms with E-state index in [1.807, 2.05) is 13.8 Å². The van der Waals surface area contributed by atoms with Gasteiger partial charge in [0.05, 0.1) is 6.33 Å². The van der Waals surface area contributed by atoms with E-state index >= 15 is 0 Å². The summed E-state index contributed by atoms with van der Waals surface area (Å²) < 4.78 is 28.0. The number of anilines is 1. The van der Waals surface area contributed by atoms with Crippen LogP contribution < -0.4 is 10.5 Å². The van der Waals surface area contributed by atoms with Crippen LogP contribution in [0.25, 0.3) is 0 Å². The third-order valence-corrected chi connectivity index (χ3v) is 4.22. The molecule has 0 saturated carbocycles. The molecule has 0 atom stereocenters. The number of nitrogens with one attached hydrogen (secondary N) is 1. The number of nitrogens with zero attached hydrogens (tertiary/aromatic N) is 2. The Bertz CT molecular complexity index is 488. The molecule has 4 N–H and O–H groups in total. The summed E-state index contributed by atoms with van der Waals surface area (Å²) in [4.78, 5) is 3.74. The van der Waals surface area contributed by atoms with E-state index in [1.54, 1.807) is 7.05 Å². The molecule has 0 aliphatic carbocycles. The van der Waals surface area contributed by atoms with Crippen LogP contribution in [0.15, 0.2) is 11.4 Å². The second kappa shape index (κ2) is 5.25. The van der Waals surface area contributed by atoms with Crippen molar-refractivity contribution in [1.82, 2.24) is 14.3 Å². The smallest absolute Gasteiger partial charge is 0.260 e. The van der Waals surface area contributed by atoms with E-state index in [-0.39, 0.29) is 29.4 Å². The summed E-state index contributed by atoms with van der Waals surface area (Å²) in [7, 11) is -2.12. The molecule has 0 fully saturated rings. The number of aryl methyl sites for hydroxylation is 1. The zero-order valence-electron chi connectivity index (χ0n) is 10.8. The van der Waals surface area contributed by atoms with Crippen LogP contribution >= 0.6 is 0 Å². The minimum Gasteiger partial charge on any atom is -0.396 e. The topological polar surface area (TPSA) is 110 Å². The van der Waals surface area contributed by atoms with Crippen LogP contribution in [0, 0.1) is 5.41 Å². The van der Waals surface area contributed by atoms with Crippen molar-refractivity contribution in [2.24, 2.45) is 12.5 Å². The fraction of sp³-hybridized carbons (Fsp3) is 0.700. The first kappa shape index (κ1) is 14.9. The summed E-state index contributed by atoms with van der Waals surface area (Å²) in [6, 6.07) is 0. The van der Waals surface area contributed by atoms with Crippen LogP contribution in [0.5, 0.6) is 0 Å². The fourth-order valence-corrected chi connectivity index (χ4v) is 2.99. The molecule has 18 heavy (non-hydrogen) atoms. The summed E-state index contributed by atoms with van der Waals surface area (Å²) in [6.07, 6.45) is 1.86. The van der Waals surface area contributed by atoms with Crippen LogP contribution in [0.3, 0.4) is 0 Å². The van der Waals surface area contributed by atoms with Crippen molar-refractivity contribution in [3.63, 3.8) is 0 Å². The number of hydrogen-bond acceptors (Lipinski definition) is 5. The van der Waals surface area contributed by atoms with Crippen LogP contribution in [0.4, 0.5) is 5.82 Å². The Morgan fingerprint density at radius 2 is 2.17 bits per heavy atom. The molecule has 8 heteroatoms. The number of hydrogen-bond donors (Lipinski definition) is 3. The molecule has 104 valence electrons. The van der Waals surface area contributed by atoms with Gasteiger partial charge in [-0.1, -0.05) is 13.8 Å². The Morgan fingerprint density at radius 1 is 1.56 bits per heavy atom. The molecule has 1 aromatic heterocycles. The van der Waals surface area contributed by atoms with Gasteiger partial charge in [-0.05, 0) is 11.8 Å². The summed E-state index contributed by atoms with van der Waals surface area (Å²) in [6.45, 7) is 3.99. The lowest BCUT2D eigenvalue weighted by Crippen LogP contribution is -2.35. The normalized spacial score (nSPS) is 12.9. The van der Waals surface area contributed by atoms with Gasteiger partial charge in [-0.3, -0.25) is 0 Å². The predicted octanol–water partition coefficient (Wildman–Crippen LogP) is -0.311. The van der Waals surface area contributed by atoms with Crippen molar-refractivity contribution in [3.8, 4) is 0 Å². The zero-order valence-corrected chi connectivity index (χ0v) is 11.7. The highest BCUT2D eigenvalue weighted by atomic mass is 32.2. The van der Waals surface area contributed by atoms with Gasteiger partial charge >= 0.3 is 0 Å². The Labute approximate surface area is 107 Å². The molecule has 1 heterocycles. The number of nitrogen functional groups attached to an aromatic ring is 1. The van der Waals surface area contributed by atoms with Crippen molar-refractivity contribution in [3.05, 3.63) is 6.33 Å². The molecule has 0 amide bonds. The van der Waals surface area contributed by atoms with E-state index in [2.05, 4.69) is 9.71 Å². The maximum Gasteiger partial charge on any atom is 0.260 e. The summed E-state index contributed by atoms with van der Waals surface area (Å²) >= 11 is 0. The van der Waals surface area contributed by atoms with E-state index in [4.69, 9.17) is 10.8 Å². The molecule has 0 saturated heterocycles. The minimum absolute atomic E-state index is 0.0164. The van der Waals surface area contributed by atoms with Gasteiger partial charge in [0.1, 0.15) is 0 Å². The predicted molar refractivity (Wildman–Crippen MR) is 68.3 cm³/mol. The van der Waals surface area contributed by atoms with Gasteiger partial charge in [0.15, 0.2) is 10.8 Å². The maximum absolute atomic E-state index is 12.1. The number of aliphatic hydroxyl groups excluding tert-OH is 1. The highest BCUT2D eigenvalue weighted by molar-refractivity contribution is 7.89. The number of nitrogens with two attached hydrogens (primary N) is 1. The molecular weight excluding hydrogens is 256 g/mol. The second-order valence-electron chi connectivity index (χ2n) is 5.01. The quantitative estimate of drug-likeness (QED) is 0.660. The molecule has 0 unspecified atom stereocenters. The molecule has 7 nitrogen and oxygen atoms in total. The monoisotopic (exact) mass is 276 g/mol. The average molecular weight is 276 g/mol. The van der Waals surface area contributed by atoms with E-state index in [9.17, 15) is 8.42 Å². The molecule has 1 rings (SSSR count). The first-order valence-corrected chi connectivity index (χ1v) is 7.05. The number of imidazole rings is 1. The van der Waals surface area contributed by atoms with E-state index in [0.717, 1.165) is 0 Å². The third-order valence-electron chi connectivity index (χ3n) is 2.69. The lowest BCUT2D eigenvalue weighted by atomic mass is 9.90. The van der Waals surface area contributed by atoms with Gasteiger partial charge in [0, 0.05) is 20.2 Å². The van der Waals surface area contributed by atoms with Crippen LogP contribution in [0.2, 0.25) is 0 Å². The Hall–Kier alpha value is -1.12. The number of sulfonamides is 1. The summed E-state index contributed by atoms with van der Waals surface area (Å²) in [5.41, 5.74) is 5.21. The Balaban J connectivity index is 2.84. The minimum atomic E-state index is -3.69. The molecule has 0 aliphatic rings. The fourth-order valence-electron chi connectivity index (χ4n) is 1.51. The van der Waals surface area contributed by atoms with Gasteiger partial charge < -0.3 is 15.4 Å². The van der Waals surface area contributed by atoms with Gasteiger partial charge in [-0.2, -0.15) is 0 Å². The number of rotatable bonds is 6. The highest BCUT2D eigenvalue weighted by Gasteiger charge is 2.25. The van der Waals surface area contributed by atoms with Crippen LogP contribution in [-0.4, -0.2) is 36.2 Å². The summed E-state index contributed by atoms with van der Waals surface area (Å²) in [5, 5.41) is 8.85. The van der Waals surface area contributed by atoms with Gasteiger partial charge in [-0.25, -0.2) is 18.1 Å². The molecule has 0 spiro atoms. The second-order valence-corrected chi connectivity index (χ2v) is 6.69. The number of aromatic nitrogens is 2. The molecule has 0 aliphatic heterocycles. The highest BCUT2D eigenvalue weighted by Crippen LogP contribution is 2.20. The molecule has 0 aromatic carbocycles. The maximum atomic E-state index is 12.1. The third kappa shape index (κ3) is 3.44. The van der Waals surface area contributed by atoms with E-state index < -0.39 is 10.0 Å². The Kier molecular flexibility index (Phi) is 4.36. The van der Waals surface area contributed by atoms with Gasteiger partial charge in [0.2, 0.25) is 0 Å². The zero-order chi connectivity index (χ0) is 14.0. The standard InChI is InChI=1S/C10H20N4O3S/c1-10(2,4-5-15)6-13-18(16,17)9-8(11)12-7-14(9)3/h7,13,15H,4-6,11H2,1-3H3. The van der Waals surface area contributed by atoms with E-state index in [0.29, 0.717) is 6.42 Å². The summed E-state index contributed by atoms with van der Waals surface area (Å²) in [5.74, 6) is -0.0232. The van der Waals surface area contributed by atoms with Crippen molar-refractivity contribution < 1.29 is 13.5 Å². The van der Waals surface area contributed by atoms with Crippen molar-refractivity contribution in [2.75, 3.05) is 18.9 Å². The van der Waals surface area contributed by atoms with E-state index in [1.165, 1.54) is 10.9 Å². The van der Waals surface area contributed by atoms with Gasteiger partial charge in [-0.15, -0.1) is 0 Å². The Morgan fingerprint density at radius 3 is 2.61 bits per heavy atom. The molecule has 1 aromatic rings. The molecule has 0 radical (unpaired) electrons.